The Kier molecular flexibility index (Phi) is 6.07. The van der Waals surface area contributed by atoms with E-state index >= 15 is 0 Å². The molecule has 0 unspecified atom stereocenters. The van der Waals surface area contributed by atoms with Crippen LogP contribution >= 0.6 is 0 Å². The van der Waals surface area contributed by atoms with Crippen LogP contribution in [0, 0.1) is 13.8 Å². The van der Waals surface area contributed by atoms with E-state index in [0.717, 1.165) is 0 Å². The first-order valence-corrected chi connectivity index (χ1v) is 17.1. The van der Waals surface area contributed by atoms with Gasteiger partial charge in [-0.05, 0) is 110 Å². The molecule has 1 heteroatoms. The first-order valence-electron chi connectivity index (χ1n) is 17.1. The third-order valence-corrected chi connectivity index (χ3v) is 10.7. The maximum Gasteiger partial charge on any atom is 0.0541 e. The highest BCUT2D eigenvalue weighted by atomic mass is 15.0. The lowest BCUT2D eigenvalue weighted by Crippen LogP contribution is -1.95. The Morgan fingerprint density at radius 1 is 0.327 bits per heavy atom. The summed E-state index contributed by atoms with van der Waals surface area (Å²) in [5, 5.41) is 5.18. The molecule has 9 aromatic rings. The van der Waals surface area contributed by atoms with Crippen molar-refractivity contribution in [2.75, 3.05) is 0 Å². The van der Waals surface area contributed by atoms with Gasteiger partial charge >= 0.3 is 0 Å². The first-order chi connectivity index (χ1) is 24.1. The fourth-order valence-electron chi connectivity index (χ4n) is 8.28. The van der Waals surface area contributed by atoms with E-state index in [1.807, 2.05) is 0 Å². The number of hydrogen-bond donors (Lipinski definition) is 0. The molecule has 49 heavy (non-hydrogen) atoms. The molecular formula is C48H33N. The molecule has 0 spiro atoms. The number of benzene rings is 8. The van der Waals surface area contributed by atoms with Crippen LogP contribution in [0.5, 0.6) is 0 Å². The lowest BCUT2D eigenvalue weighted by atomic mass is 9.93. The second-order valence-electron chi connectivity index (χ2n) is 13.4. The molecule has 10 rings (SSSR count). The maximum absolute atomic E-state index is 2.46. The summed E-state index contributed by atoms with van der Waals surface area (Å²) < 4.78 is 2.46. The largest absolute Gasteiger partial charge is 0.309 e. The van der Waals surface area contributed by atoms with Gasteiger partial charge < -0.3 is 4.57 Å². The number of hydrogen-bond acceptors (Lipinski definition) is 0. The Labute approximate surface area is 286 Å². The van der Waals surface area contributed by atoms with Crippen LogP contribution in [-0.2, 0) is 0 Å². The van der Waals surface area contributed by atoms with E-state index in [1.54, 1.807) is 0 Å². The van der Waals surface area contributed by atoms with Gasteiger partial charge in [0.1, 0.15) is 0 Å². The molecule has 1 aliphatic rings. The van der Waals surface area contributed by atoms with Gasteiger partial charge in [-0.25, -0.2) is 0 Å². The minimum atomic E-state index is 1.22. The molecule has 0 amide bonds. The van der Waals surface area contributed by atoms with Gasteiger partial charge in [-0.1, -0.05) is 140 Å². The molecule has 1 heterocycles. The number of fused-ring (bicyclic) bond motifs is 6. The van der Waals surface area contributed by atoms with E-state index in [0.29, 0.717) is 0 Å². The van der Waals surface area contributed by atoms with Crippen LogP contribution < -0.4 is 0 Å². The summed E-state index contributed by atoms with van der Waals surface area (Å²) in [5.41, 5.74) is 19.1. The molecule has 1 aromatic heterocycles. The van der Waals surface area contributed by atoms with Crippen molar-refractivity contribution in [2.45, 2.75) is 13.8 Å². The molecule has 0 radical (unpaired) electrons. The van der Waals surface area contributed by atoms with Crippen molar-refractivity contribution in [3.63, 3.8) is 0 Å². The van der Waals surface area contributed by atoms with Gasteiger partial charge in [0, 0.05) is 16.2 Å². The van der Waals surface area contributed by atoms with Gasteiger partial charge in [-0.2, -0.15) is 0 Å². The number of nitrogens with zero attached hydrogens (tertiary/aromatic N) is 1. The van der Waals surface area contributed by atoms with Crippen LogP contribution in [0.3, 0.4) is 0 Å². The Morgan fingerprint density at radius 2 is 0.857 bits per heavy atom. The smallest absolute Gasteiger partial charge is 0.0541 e. The van der Waals surface area contributed by atoms with E-state index in [2.05, 4.69) is 182 Å². The molecule has 0 N–H and O–H groups in total. The van der Waals surface area contributed by atoms with E-state index in [1.165, 1.54) is 105 Å². The lowest BCUT2D eigenvalue weighted by Gasteiger charge is -2.13. The quantitative estimate of drug-likeness (QED) is 0.184. The average Bonchev–Trinajstić information content (AvgIpc) is 3.66. The SMILES string of the molecule is Cc1ccccc1-c1ccc(-c2ccc(-c3ccc4c(c3)c3ccccc3n4-c3ccc4c5c(cccc35)-c3ccccc3-4)cc2)cc1C. The third-order valence-electron chi connectivity index (χ3n) is 10.7. The van der Waals surface area contributed by atoms with E-state index < -0.39 is 0 Å². The normalized spacial score (nSPS) is 11.9. The van der Waals surface area contributed by atoms with Crippen molar-refractivity contribution >= 4 is 32.6 Å². The molecule has 8 aromatic carbocycles. The highest BCUT2D eigenvalue weighted by molar-refractivity contribution is 6.19. The minimum absolute atomic E-state index is 1.22. The summed E-state index contributed by atoms with van der Waals surface area (Å²) >= 11 is 0. The van der Waals surface area contributed by atoms with Crippen molar-refractivity contribution in [2.24, 2.45) is 0 Å². The first kappa shape index (κ1) is 27.9. The summed E-state index contributed by atoms with van der Waals surface area (Å²) in [6.07, 6.45) is 0. The minimum Gasteiger partial charge on any atom is -0.309 e. The van der Waals surface area contributed by atoms with Gasteiger partial charge in [0.25, 0.3) is 0 Å². The molecule has 0 bridgehead atoms. The predicted octanol–water partition coefficient (Wildman–Crippen LogP) is 13.2. The Morgan fingerprint density at radius 3 is 1.61 bits per heavy atom. The predicted molar refractivity (Wildman–Crippen MR) is 208 cm³/mol. The number of aromatic nitrogens is 1. The molecule has 0 atom stereocenters. The fraction of sp³-hybridized carbons (Fsp3) is 0.0417. The summed E-state index contributed by atoms with van der Waals surface area (Å²) in [5.74, 6) is 0. The van der Waals surface area contributed by atoms with Gasteiger partial charge in [0.05, 0.1) is 16.7 Å². The van der Waals surface area contributed by atoms with E-state index in [9.17, 15) is 0 Å². The van der Waals surface area contributed by atoms with Crippen LogP contribution in [0.4, 0.5) is 0 Å². The van der Waals surface area contributed by atoms with Crippen LogP contribution in [0.25, 0.3) is 93.9 Å². The fourth-order valence-corrected chi connectivity index (χ4v) is 8.28. The highest BCUT2D eigenvalue weighted by Gasteiger charge is 2.23. The standard InChI is InChI=1S/C48H33N/c1-30-10-3-4-11-36(30)37-24-22-34(28-31(37)2)32-18-20-33(21-19-32)35-23-26-47-44(29-35)40-14-7-8-17-45(40)49(47)46-27-25-42-39-13-6-5-12-38(39)41-15-9-16-43(46)48(41)42/h3-29H,1-2H3. The van der Waals surface area contributed by atoms with Crippen molar-refractivity contribution in [1.82, 2.24) is 4.57 Å². The second kappa shape index (κ2) is 10.7. The number of aryl methyl sites for hydroxylation is 2. The zero-order chi connectivity index (χ0) is 32.6. The summed E-state index contributed by atoms with van der Waals surface area (Å²) in [6.45, 7) is 4.40. The van der Waals surface area contributed by atoms with Crippen molar-refractivity contribution in [3.8, 4) is 61.3 Å². The van der Waals surface area contributed by atoms with Gasteiger partial charge in [-0.15, -0.1) is 0 Å². The molecule has 1 nitrogen and oxygen atoms in total. The molecule has 230 valence electrons. The summed E-state index contributed by atoms with van der Waals surface area (Å²) in [7, 11) is 0. The van der Waals surface area contributed by atoms with Crippen LogP contribution in [-0.4, -0.2) is 4.57 Å². The summed E-state index contributed by atoms with van der Waals surface area (Å²) in [6, 6.07) is 60.5. The monoisotopic (exact) mass is 623 g/mol. The van der Waals surface area contributed by atoms with Gasteiger partial charge in [0.15, 0.2) is 0 Å². The Hall–Kier alpha value is -6.18. The molecule has 0 saturated carbocycles. The van der Waals surface area contributed by atoms with Crippen LogP contribution in [0.15, 0.2) is 164 Å². The zero-order valence-corrected chi connectivity index (χ0v) is 27.5. The third kappa shape index (κ3) is 4.19. The summed E-state index contributed by atoms with van der Waals surface area (Å²) in [4.78, 5) is 0. The second-order valence-corrected chi connectivity index (χ2v) is 13.4. The van der Waals surface area contributed by atoms with E-state index in [-0.39, 0.29) is 0 Å². The topological polar surface area (TPSA) is 4.93 Å². The van der Waals surface area contributed by atoms with Crippen molar-refractivity contribution < 1.29 is 0 Å². The van der Waals surface area contributed by atoms with Crippen LogP contribution in [0.1, 0.15) is 11.1 Å². The average molecular weight is 624 g/mol. The number of rotatable bonds is 4. The molecule has 0 aliphatic heterocycles. The highest BCUT2D eigenvalue weighted by Crippen LogP contribution is 2.49. The maximum atomic E-state index is 2.46. The Balaban J connectivity index is 1.06. The van der Waals surface area contributed by atoms with Crippen molar-refractivity contribution in [3.05, 3.63) is 175 Å². The molecule has 1 aliphatic carbocycles. The molecular weight excluding hydrogens is 591 g/mol. The van der Waals surface area contributed by atoms with Gasteiger partial charge in [-0.3, -0.25) is 0 Å². The van der Waals surface area contributed by atoms with Crippen LogP contribution in [0.2, 0.25) is 0 Å². The van der Waals surface area contributed by atoms with E-state index in [4.69, 9.17) is 0 Å². The lowest BCUT2D eigenvalue weighted by molar-refractivity contribution is 1.20. The molecule has 0 saturated heterocycles. The molecule has 0 fully saturated rings. The zero-order valence-electron chi connectivity index (χ0n) is 27.5. The van der Waals surface area contributed by atoms with Gasteiger partial charge in [0.2, 0.25) is 0 Å². The number of para-hydroxylation sites is 1. The Bertz CT molecular complexity index is 2750. The van der Waals surface area contributed by atoms with Crippen molar-refractivity contribution in [1.29, 1.82) is 0 Å².